The van der Waals surface area contributed by atoms with Crippen molar-refractivity contribution < 1.29 is 22.7 Å². The van der Waals surface area contributed by atoms with Gasteiger partial charge in [0.1, 0.15) is 5.82 Å². The predicted octanol–water partition coefficient (Wildman–Crippen LogP) is 0.0604. The summed E-state index contributed by atoms with van der Waals surface area (Å²) in [4.78, 5) is 16.2. The van der Waals surface area contributed by atoms with Crippen LogP contribution in [0.2, 0.25) is 0 Å². The van der Waals surface area contributed by atoms with Crippen molar-refractivity contribution in [2.45, 2.75) is 24.9 Å². The monoisotopic (exact) mass is 370 g/mol. The normalized spacial score (nSPS) is 25.8. The number of nitrogens with zero attached hydrogens (tertiary/aromatic N) is 2. The molecule has 0 saturated carbocycles. The van der Waals surface area contributed by atoms with Crippen LogP contribution in [0.4, 0.5) is 4.39 Å². The largest absolute Gasteiger partial charge is 0.395 e. The highest BCUT2D eigenvalue weighted by Gasteiger charge is 2.47. The van der Waals surface area contributed by atoms with Crippen LogP contribution in [0.3, 0.4) is 0 Å². The van der Waals surface area contributed by atoms with Gasteiger partial charge in [-0.2, -0.15) is 0 Å². The number of aliphatic hydroxyl groups excluding tert-OH is 1. The molecule has 1 N–H and O–H groups in total. The van der Waals surface area contributed by atoms with Crippen LogP contribution in [0, 0.1) is 5.82 Å². The number of halogens is 1. The van der Waals surface area contributed by atoms with Crippen molar-refractivity contribution in [2.75, 3.05) is 37.7 Å². The summed E-state index contributed by atoms with van der Waals surface area (Å²) in [6.07, 6.45) is 0.455. The first-order valence-corrected chi connectivity index (χ1v) is 10.3. The number of fused-ring (bicyclic) bond motifs is 1. The van der Waals surface area contributed by atoms with Crippen LogP contribution in [0.5, 0.6) is 0 Å². The average Bonchev–Trinajstić information content (AvgIpc) is 2.89. The maximum absolute atomic E-state index is 13.7. The second-order valence-electron chi connectivity index (χ2n) is 6.65. The minimum absolute atomic E-state index is 0.0226. The number of hydrogen-bond acceptors (Lipinski definition) is 5. The van der Waals surface area contributed by atoms with E-state index in [-0.39, 0.29) is 48.3 Å². The molecule has 0 spiro atoms. The van der Waals surface area contributed by atoms with Gasteiger partial charge in [0.2, 0.25) is 5.91 Å². The first-order valence-electron chi connectivity index (χ1n) is 8.49. The lowest BCUT2D eigenvalue weighted by Gasteiger charge is -2.43. The SMILES string of the molecule is O=C(CCc1ccccc1F)N1CCN(CCO)C2CS(=O)(=O)CC21. The van der Waals surface area contributed by atoms with Gasteiger partial charge >= 0.3 is 0 Å². The molecule has 2 fully saturated rings. The molecule has 1 aromatic rings. The highest BCUT2D eigenvalue weighted by atomic mass is 32.2. The maximum atomic E-state index is 13.7. The maximum Gasteiger partial charge on any atom is 0.223 e. The molecule has 2 aliphatic heterocycles. The van der Waals surface area contributed by atoms with Gasteiger partial charge in [-0.05, 0) is 18.1 Å². The molecule has 3 rings (SSSR count). The van der Waals surface area contributed by atoms with Crippen molar-refractivity contribution in [3.8, 4) is 0 Å². The topological polar surface area (TPSA) is 77.9 Å². The van der Waals surface area contributed by atoms with Gasteiger partial charge in [0.15, 0.2) is 9.84 Å². The number of rotatable bonds is 5. The molecule has 25 heavy (non-hydrogen) atoms. The fourth-order valence-corrected chi connectivity index (χ4v) is 5.84. The molecular weight excluding hydrogens is 347 g/mol. The second kappa shape index (κ2) is 7.39. The summed E-state index contributed by atoms with van der Waals surface area (Å²) in [6, 6.07) is 5.73. The molecule has 2 heterocycles. The molecule has 0 aromatic heterocycles. The van der Waals surface area contributed by atoms with Crippen molar-refractivity contribution in [3.63, 3.8) is 0 Å². The Kier molecular flexibility index (Phi) is 5.41. The third-order valence-corrected chi connectivity index (χ3v) is 6.76. The zero-order valence-corrected chi connectivity index (χ0v) is 14.8. The molecule has 2 aliphatic rings. The van der Waals surface area contributed by atoms with Crippen LogP contribution < -0.4 is 0 Å². The zero-order valence-electron chi connectivity index (χ0n) is 14.0. The molecular formula is C17H23FN2O4S. The van der Waals surface area contributed by atoms with Crippen LogP contribution in [-0.4, -0.2) is 79.1 Å². The van der Waals surface area contributed by atoms with Gasteiger partial charge < -0.3 is 10.0 Å². The molecule has 2 saturated heterocycles. The van der Waals surface area contributed by atoms with E-state index in [1.165, 1.54) is 6.07 Å². The number of sulfone groups is 1. The summed E-state index contributed by atoms with van der Waals surface area (Å²) in [5.74, 6) is -0.483. The number of carbonyl (C=O) groups excluding carboxylic acids is 1. The molecule has 1 aromatic carbocycles. The van der Waals surface area contributed by atoms with Gasteiger partial charge in [0.05, 0.1) is 24.2 Å². The summed E-state index contributed by atoms with van der Waals surface area (Å²) in [5.41, 5.74) is 0.491. The van der Waals surface area contributed by atoms with Crippen LogP contribution in [0.1, 0.15) is 12.0 Å². The third-order valence-electron chi connectivity index (χ3n) is 5.06. The van der Waals surface area contributed by atoms with Crippen LogP contribution in [0.25, 0.3) is 0 Å². The average molecular weight is 370 g/mol. The summed E-state index contributed by atoms with van der Waals surface area (Å²) in [7, 11) is -3.20. The van der Waals surface area contributed by atoms with Gasteiger partial charge in [-0.15, -0.1) is 0 Å². The Bertz CT molecular complexity index is 740. The molecule has 0 bridgehead atoms. The van der Waals surface area contributed by atoms with Gasteiger partial charge in [0.25, 0.3) is 0 Å². The Morgan fingerprint density at radius 1 is 1.20 bits per heavy atom. The molecule has 8 heteroatoms. The summed E-state index contributed by atoms with van der Waals surface area (Å²) >= 11 is 0. The van der Waals surface area contributed by atoms with E-state index in [1.807, 2.05) is 4.90 Å². The van der Waals surface area contributed by atoms with E-state index < -0.39 is 9.84 Å². The van der Waals surface area contributed by atoms with E-state index >= 15 is 0 Å². The standard InChI is InChI=1S/C17H23FN2O4S/c18-14-4-2-1-3-13(14)5-6-17(22)20-8-7-19(9-10-21)15-11-25(23,24)12-16(15)20/h1-4,15-16,21H,5-12H2. The Morgan fingerprint density at radius 2 is 1.92 bits per heavy atom. The summed E-state index contributed by atoms with van der Waals surface area (Å²) in [6.45, 7) is 1.36. The van der Waals surface area contributed by atoms with Gasteiger partial charge in [-0.25, -0.2) is 12.8 Å². The van der Waals surface area contributed by atoms with Crippen molar-refractivity contribution in [2.24, 2.45) is 0 Å². The molecule has 0 radical (unpaired) electrons. The quantitative estimate of drug-likeness (QED) is 0.793. The minimum atomic E-state index is -3.20. The van der Waals surface area contributed by atoms with E-state index in [2.05, 4.69) is 0 Å². The first kappa shape index (κ1) is 18.3. The highest BCUT2D eigenvalue weighted by Crippen LogP contribution is 2.27. The lowest BCUT2D eigenvalue weighted by molar-refractivity contribution is -0.137. The minimum Gasteiger partial charge on any atom is -0.395 e. The molecule has 6 nitrogen and oxygen atoms in total. The van der Waals surface area contributed by atoms with Crippen LogP contribution in [-0.2, 0) is 21.1 Å². The van der Waals surface area contributed by atoms with E-state index in [9.17, 15) is 22.7 Å². The van der Waals surface area contributed by atoms with E-state index in [0.29, 0.717) is 31.6 Å². The second-order valence-corrected chi connectivity index (χ2v) is 8.80. The lowest BCUT2D eigenvalue weighted by Crippen LogP contribution is -2.61. The number of benzene rings is 1. The fraction of sp³-hybridized carbons (Fsp3) is 0.588. The number of aliphatic hydroxyl groups is 1. The Morgan fingerprint density at radius 3 is 2.64 bits per heavy atom. The van der Waals surface area contributed by atoms with E-state index in [1.54, 1.807) is 23.1 Å². The number of β-amino-alcohol motifs (C(OH)–C–C–N with tert-alkyl or cyclic N) is 1. The first-order chi connectivity index (χ1) is 11.9. The van der Waals surface area contributed by atoms with Crippen molar-refractivity contribution in [1.82, 2.24) is 9.80 Å². The Hall–Kier alpha value is -1.51. The van der Waals surface area contributed by atoms with E-state index in [4.69, 9.17) is 0 Å². The van der Waals surface area contributed by atoms with Gasteiger partial charge in [-0.3, -0.25) is 9.69 Å². The smallest absolute Gasteiger partial charge is 0.223 e. The van der Waals surface area contributed by atoms with Crippen molar-refractivity contribution >= 4 is 15.7 Å². The summed E-state index contributed by atoms with van der Waals surface area (Å²) < 4.78 is 37.8. The highest BCUT2D eigenvalue weighted by molar-refractivity contribution is 7.91. The van der Waals surface area contributed by atoms with Crippen molar-refractivity contribution in [3.05, 3.63) is 35.6 Å². The Labute approximate surface area is 147 Å². The molecule has 138 valence electrons. The lowest BCUT2D eigenvalue weighted by atomic mass is 10.0. The van der Waals surface area contributed by atoms with Gasteiger partial charge in [-0.1, -0.05) is 18.2 Å². The molecule has 1 amide bonds. The number of carbonyl (C=O) groups is 1. The summed E-state index contributed by atoms with van der Waals surface area (Å²) in [5, 5.41) is 9.17. The fourth-order valence-electron chi connectivity index (χ4n) is 3.83. The number of piperazine rings is 1. The predicted molar refractivity (Wildman–Crippen MR) is 91.3 cm³/mol. The van der Waals surface area contributed by atoms with Crippen LogP contribution in [0.15, 0.2) is 24.3 Å². The molecule has 2 atom stereocenters. The van der Waals surface area contributed by atoms with Crippen molar-refractivity contribution in [1.29, 1.82) is 0 Å². The molecule has 0 aliphatic carbocycles. The third kappa shape index (κ3) is 4.02. The zero-order chi connectivity index (χ0) is 18.0. The van der Waals surface area contributed by atoms with E-state index in [0.717, 1.165) is 0 Å². The van der Waals surface area contributed by atoms with Crippen LogP contribution >= 0.6 is 0 Å². The number of amides is 1. The molecule has 2 unspecified atom stereocenters. The number of hydrogen-bond donors (Lipinski definition) is 1. The Balaban J connectivity index is 1.69. The van der Waals surface area contributed by atoms with Gasteiger partial charge in [0, 0.05) is 32.1 Å². The number of aryl methyl sites for hydroxylation is 1.